The number of likely N-dealkylation sites (N-methyl/N-ethyl adjacent to an activating group) is 1. The molecule has 0 atom stereocenters. The number of carboxylic acids is 1. The van der Waals surface area contributed by atoms with Crippen LogP contribution >= 0.6 is 0 Å². The minimum atomic E-state index is -0.896. The van der Waals surface area contributed by atoms with Crippen LogP contribution in [0.15, 0.2) is 82.7 Å². The molecule has 1 amide bonds. The van der Waals surface area contributed by atoms with Gasteiger partial charge in [-0.1, -0.05) is 54.6 Å². The van der Waals surface area contributed by atoms with E-state index in [2.05, 4.69) is 5.10 Å². The van der Waals surface area contributed by atoms with Crippen molar-refractivity contribution < 1.29 is 19.8 Å². The van der Waals surface area contributed by atoms with Gasteiger partial charge in [0.1, 0.15) is 6.54 Å². The van der Waals surface area contributed by atoms with Crippen LogP contribution in [0.25, 0.3) is 12.2 Å². The van der Waals surface area contributed by atoms with E-state index in [-0.39, 0.29) is 36.7 Å². The predicted molar refractivity (Wildman–Crippen MR) is 147 cm³/mol. The van der Waals surface area contributed by atoms with Crippen LogP contribution < -0.4 is 26.2 Å². The van der Waals surface area contributed by atoms with Crippen LogP contribution in [0, 0.1) is 6.92 Å². The molecule has 0 spiro atoms. The molecular formula is C29H28N4O5. The summed E-state index contributed by atoms with van der Waals surface area (Å²) in [5, 5.41) is 24.5. The number of aromatic nitrogens is 1. The van der Waals surface area contributed by atoms with Crippen molar-refractivity contribution in [2.45, 2.75) is 13.5 Å². The number of aliphatic hydroxyl groups is 1. The molecule has 194 valence electrons. The van der Waals surface area contributed by atoms with Crippen molar-refractivity contribution >= 4 is 35.4 Å². The Bertz CT molecular complexity index is 1590. The van der Waals surface area contributed by atoms with Crippen LogP contribution in [0.2, 0.25) is 0 Å². The van der Waals surface area contributed by atoms with Gasteiger partial charge in [0.05, 0.1) is 24.4 Å². The standard InChI is InChI=1S/C29H28N4O5/c1-20-24(12-8-3-5-9-21-13-15-22(16-14-21)31(2)19-25(35)36)28(37)32(17-18-34)27-26(20)29(38)33(30-27)23-10-6-4-7-11-23/h3-16,34H,17-19H2,1-2H3,(H,35,36)/b8-3+,9-5+,24-12-. The van der Waals surface area contributed by atoms with E-state index in [4.69, 9.17) is 5.11 Å². The van der Waals surface area contributed by atoms with Crippen LogP contribution in [-0.2, 0) is 11.3 Å². The number of hydrogen-bond donors (Lipinski definition) is 2. The number of aliphatic carboxylic acids is 1. The minimum Gasteiger partial charge on any atom is -0.480 e. The number of para-hydroxylation sites is 1. The topological polar surface area (TPSA) is 115 Å². The summed E-state index contributed by atoms with van der Waals surface area (Å²) >= 11 is 0. The number of amides is 1. The van der Waals surface area contributed by atoms with Crippen LogP contribution in [-0.4, -0.2) is 46.9 Å². The molecule has 4 rings (SSSR count). The number of hydrogen-bond acceptors (Lipinski definition) is 6. The lowest BCUT2D eigenvalue weighted by molar-refractivity contribution is -0.135. The van der Waals surface area contributed by atoms with Crippen LogP contribution in [0.3, 0.4) is 0 Å². The highest BCUT2D eigenvalue weighted by Crippen LogP contribution is 2.19. The SMILES string of the molecule is Cc1c2c(n(CCO)c(=O)\c1=C/C=C/C=C/c1ccc(N(C)CC(=O)O)cc1)=NN(c1ccccc1)C2=O. The normalized spacial score (nSPS) is 13.4. The second-order valence-electron chi connectivity index (χ2n) is 8.72. The summed E-state index contributed by atoms with van der Waals surface area (Å²) in [4.78, 5) is 39.1. The van der Waals surface area contributed by atoms with Gasteiger partial charge in [0.2, 0.25) is 0 Å². The molecule has 0 saturated carbocycles. The second kappa shape index (κ2) is 11.5. The maximum absolute atomic E-state index is 13.3. The van der Waals surface area contributed by atoms with E-state index in [1.807, 2.05) is 42.5 Å². The van der Waals surface area contributed by atoms with Crippen molar-refractivity contribution in [2.75, 3.05) is 30.1 Å². The average Bonchev–Trinajstić information content (AvgIpc) is 3.25. The van der Waals surface area contributed by atoms with Gasteiger partial charge in [-0.3, -0.25) is 19.0 Å². The van der Waals surface area contributed by atoms with Crippen molar-refractivity contribution in [3.8, 4) is 0 Å². The number of benzene rings is 2. The van der Waals surface area contributed by atoms with Crippen LogP contribution in [0.1, 0.15) is 21.5 Å². The Morgan fingerprint density at radius 2 is 1.74 bits per heavy atom. The van der Waals surface area contributed by atoms with Gasteiger partial charge in [0, 0.05) is 18.0 Å². The van der Waals surface area contributed by atoms with E-state index in [0.29, 0.717) is 22.0 Å². The van der Waals surface area contributed by atoms with Crippen LogP contribution in [0.5, 0.6) is 0 Å². The quantitative estimate of drug-likeness (QED) is 0.424. The number of aliphatic hydroxyl groups excluding tert-OH is 1. The lowest BCUT2D eigenvalue weighted by atomic mass is 10.1. The molecule has 2 heterocycles. The van der Waals surface area contributed by atoms with Gasteiger partial charge in [-0.25, -0.2) is 0 Å². The Labute approximate surface area is 219 Å². The first-order valence-electron chi connectivity index (χ1n) is 12.0. The van der Waals surface area contributed by atoms with E-state index in [0.717, 1.165) is 11.3 Å². The molecule has 0 bridgehead atoms. The van der Waals surface area contributed by atoms with Crippen molar-refractivity contribution in [1.29, 1.82) is 0 Å². The third-order valence-electron chi connectivity index (χ3n) is 6.14. The Kier molecular flexibility index (Phi) is 7.98. The number of rotatable bonds is 9. The third-order valence-corrected chi connectivity index (χ3v) is 6.14. The van der Waals surface area contributed by atoms with E-state index in [9.17, 15) is 19.5 Å². The Hall–Kier alpha value is -4.76. The zero-order chi connectivity index (χ0) is 27.2. The van der Waals surface area contributed by atoms with Crippen molar-refractivity contribution in [2.24, 2.45) is 5.10 Å². The molecule has 0 saturated heterocycles. The Balaban J connectivity index is 1.61. The molecule has 0 aliphatic carbocycles. The maximum atomic E-state index is 13.3. The van der Waals surface area contributed by atoms with Crippen molar-refractivity contribution in [3.05, 3.63) is 111 Å². The summed E-state index contributed by atoms with van der Waals surface area (Å²) in [5.74, 6) is -1.22. The molecular weight excluding hydrogens is 484 g/mol. The van der Waals surface area contributed by atoms with Gasteiger partial charge in [-0.05, 0) is 48.4 Å². The van der Waals surface area contributed by atoms with Gasteiger partial charge in [0.15, 0.2) is 5.49 Å². The molecule has 1 aliphatic heterocycles. The van der Waals surface area contributed by atoms with Gasteiger partial charge in [-0.2, -0.15) is 5.01 Å². The van der Waals surface area contributed by atoms with E-state index in [1.54, 1.807) is 61.4 Å². The summed E-state index contributed by atoms with van der Waals surface area (Å²) in [6, 6.07) is 16.4. The summed E-state index contributed by atoms with van der Waals surface area (Å²) in [5.41, 5.74) is 3.09. The first-order valence-corrected chi connectivity index (χ1v) is 12.0. The summed E-state index contributed by atoms with van der Waals surface area (Å²) < 4.78 is 1.33. The number of carbonyl (C=O) groups excluding carboxylic acids is 1. The number of anilines is 2. The fraction of sp³-hybridized carbons (Fsp3) is 0.172. The summed E-state index contributed by atoms with van der Waals surface area (Å²) in [7, 11) is 1.72. The van der Waals surface area contributed by atoms with E-state index < -0.39 is 5.97 Å². The summed E-state index contributed by atoms with van der Waals surface area (Å²) in [6.07, 6.45) is 8.84. The predicted octanol–water partition coefficient (Wildman–Crippen LogP) is 1.91. The van der Waals surface area contributed by atoms with Crippen LogP contribution in [0.4, 0.5) is 11.4 Å². The third kappa shape index (κ3) is 5.47. The zero-order valence-electron chi connectivity index (χ0n) is 21.1. The lowest BCUT2D eigenvalue weighted by Gasteiger charge is -2.16. The first kappa shape index (κ1) is 26.3. The van der Waals surface area contributed by atoms with Gasteiger partial charge in [0.25, 0.3) is 11.5 Å². The Morgan fingerprint density at radius 1 is 1.03 bits per heavy atom. The molecule has 1 aromatic heterocycles. The van der Waals surface area contributed by atoms with Crippen molar-refractivity contribution in [3.63, 3.8) is 0 Å². The lowest BCUT2D eigenvalue weighted by Crippen LogP contribution is -2.46. The molecule has 1 aliphatic rings. The minimum absolute atomic E-state index is 0.0168. The van der Waals surface area contributed by atoms with Gasteiger partial charge < -0.3 is 15.1 Å². The number of carboxylic acid groups (broad SMARTS) is 1. The number of fused-ring (bicyclic) bond motifs is 1. The van der Waals surface area contributed by atoms with E-state index in [1.165, 1.54) is 9.58 Å². The Morgan fingerprint density at radius 3 is 2.39 bits per heavy atom. The van der Waals surface area contributed by atoms with E-state index >= 15 is 0 Å². The largest absolute Gasteiger partial charge is 0.480 e. The number of nitrogens with zero attached hydrogens (tertiary/aromatic N) is 4. The molecule has 3 aromatic rings. The van der Waals surface area contributed by atoms with Gasteiger partial charge >= 0.3 is 5.97 Å². The van der Waals surface area contributed by atoms with Crippen molar-refractivity contribution in [1.82, 2.24) is 4.57 Å². The van der Waals surface area contributed by atoms with Gasteiger partial charge in [-0.15, -0.1) is 5.10 Å². The molecule has 0 fully saturated rings. The number of pyridine rings is 1. The molecule has 2 aromatic carbocycles. The highest BCUT2D eigenvalue weighted by atomic mass is 16.4. The fourth-order valence-electron chi connectivity index (χ4n) is 4.21. The molecule has 9 nitrogen and oxygen atoms in total. The molecule has 2 N–H and O–H groups in total. The second-order valence-corrected chi connectivity index (χ2v) is 8.72. The number of allylic oxidation sites excluding steroid dienone is 3. The molecule has 0 unspecified atom stereocenters. The zero-order valence-corrected chi connectivity index (χ0v) is 21.1. The average molecular weight is 513 g/mol. The number of carbonyl (C=O) groups is 2. The fourth-order valence-corrected chi connectivity index (χ4v) is 4.21. The highest BCUT2D eigenvalue weighted by molar-refractivity contribution is 6.07. The molecule has 0 radical (unpaired) electrons. The first-order chi connectivity index (χ1) is 18.3. The monoisotopic (exact) mass is 512 g/mol. The summed E-state index contributed by atoms with van der Waals surface area (Å²) in [6.45, 7) is 1.39. The maximum Gasteiger partial charge on any atom is 0.323 e. The smallest absolute Gasteiger partial charge is 0.323 e. The molecule has 9 heteroatoms. The molecule has 38 heavy (non-hydrogen) atoms. The highest BCUT2D eigenvalue weighted by Gasteiger charge is 2.30.